The van der Waals surface area contributed by atoms with Crippen molar-refractivity contribution in [1.82, 2.24) is 19.1 Å². The number of aromatic nitrogens is 4. The van der Waals surface area contributed by atoms with Gasteiger partial charge in [0.25, 0.3) is 0 Å². The zero-order valence-corrected chi connectivity index (χ0v) is 11.2. The predicted molar refractivity (Wildman–Crippen MR) is 74.0 cm³/mol. The summed E-state index contributed by atoms with van der Waals surface area (Å²) in [6, 6.07) is 4.82. The molecule has 19 heavy (non-hydrogen) atoms. The van der Waals surface area contributed by atoms with E-state index in [0.717, 1.165) is 17.6 Å². The van der Waals surface area contributed by atoms with Gasteiger partial charge in [-0.05, 0) is 37.3 Å². The Balaban J connectivity index is 2.04. The third kappa shape index (κ3) is 2.19. The third-order valence-electron chi connectivity index (χ3n) is 3.15. The second-order valence-corrected chi connectivity index (χ2v) is 4.96. The van der Waals surface area contributed by atoms with E-state index in [9.17, 15) is 4.39 Å². The van der Waals surface area contributed by atoms with Crippen molar-refractivity contribution < 1.29 is 4.39 Å². The lowest BCUT2D eigenvalue weighted by atomic mass is 10.2. The first-order chi connectivity index (χ1) is 9.15. The molecule has 0 aliphatic rings. The van der Waals surface area contributed by atoms with Gasteiger partial charge in [0, 0.05) is 18.9 Å². The van der Waals surface area contributed by atoms with Crippen LogP contribution in [0.15, 0.2) is 36.9 Å². The van der Waals surface area contributed by atoms with Crippen LogP contribution in [0.3, 0.4) is 0 Å². The molecule has 1 aromatic carbocycles. The molecule has 0 amide bonds. The highest BCUT2D eigenvalue weighted by atomic mass is 32.1. The maximum atomic E-state index is 13.2. The Morgan fingerprint density at radius 3 is 3.05 bits per heavy atom. The monoisotopic (exact) mass is 276 g/mol. The van der Waals surface area contributed by atoms with E-state index in [4.69, 9.17) is 12.2 Å². The van der Waals surface area contributed by atoms with Crippen molar-refractivity contribution in [2.24, 2.45) is 0 Å². The van der Waals surface area contributed by atoms with Gasteiger partial charge in [-0.1, -0.05) is 0 Å². The summed E-state index contributed by atoms with van der Waals surface area (Å²) >= 11 is 5.33. The molecule has 0 aliphatic heterocycles. The van der Waals surface area contributed by atoms with Crippen molar-refractivity contribution in [3.8, 4) is 0 Å². The summed E-state index contributed by atoms with van der Waals surface area (Å²) in [5.41, 5.74) is 1.64. The van der Waals surface area contributed by atoms with Crippen LogP contribution in [0, 0.1) is 10.6 Å². The van der Waals surface area contributed by atoms with Crippen molar-refractivity contribution in [3.63, 3.8) is 0 Å². The van der Waals surface area contributed by atoms with E-state index in [-0.39, 0.29) is 11.9 Å². The molecule has 0 saturated heterocycles. The molecule has 0 fully saturated rings. The maximum absolute atomic E-state index is 13.2. The number of nitrogens with zero attached hydrogens (tertiary/aromatic N) is 3. The van der Waals surface area contributed by atoms with Crippen LogP contribution in [0.25, 0.3) is 11.0 Å². The summed E-state index contributed by atoms with van der Waals surface area (Å²) in [5, 5.41) is 0. The minimum atomic E-state index is -0.266. The van der Waals surface area contributed by atoms with Crippen molar-refractivity contribution in [1.29, 1.82) is 0 Å². The number of fused-ring (bicyclic) bond motifs is 1. The van der Waals surface area contributed by atoms with Gasteiger partial charge >= 0.3 is 0 Å². The zero-order valence-electron chi connectivity index (χ0n) is 10.4. The zero-order chi connectivity index (χ0) is 13.4. The highest BCUT2D eigenvalue weighted by Gasteiger charge is 2.12. The van der Waals surface area contributed by atoms with E-state index >= 15 is 0 Å². The summed E-state index contributed by atoms with van der Waals surface area (Å²) in [5.74, 6) is -0.266. The Morgan fingerprint density at radius 1 is 1.47 bits per heavy atom. The van der Waals surface area contributed by atoms with Crippen LogP contribution in [0.5, 0.6) is 0 Å². The lowest BCUT2D eigenvalue weighted by molar-refractivity contribution is 0.470. The van der Waals surface area contributed by atoms with Crippen LogP contribution in [-0.4, -0.2) is 19.1 Å². The van der Waals surface area contributed by atoms with E-state index in [1.54, 1.807) is 18.6 Å². The first kappa shape index (κ1) is 12.1. The highest BCUT2D eigenvalue weighted by molar-refractivity contribution is 7.71. The minimum Gasteiger partial charge on any atom is -0.335 e. The van der Waals surface area contributed by atoms with E-state index in [1.165, 1.54) is 12.1 Å². The van der Waals surface area contributed by atoms with Crippen molar-refractivity contribution in [3.05, 3.63) is 47.5 Å². The molecule has 0 bridgehead atoms. The summed E-state index contributed by atoms with van der Waals surface area (Å²) in [7, 11) is 0. The second kappa shape index (κ2) is 4.62. The van der Waals surface area contributed by atoms with Crippen LogP contribution in [-0.2, 0) is 6.54 Å². The quantitative estimate of drug-likeness (QED) is 0.745. The Labute approximate surface area is 114 Å². The molecule has 3 rings (SSSR count). The normalized spacial score (nSPS) is 12.9. The van der Waals surface area contributed by atoms with Gasteiger partial charge in [0.1, 0.15) is 5.82 Å². The lowest BCUT2D eigenvalue weighted by Gasteiger charge is -2.15. The van der Waals surface area contributed by atoms with Gasteiger partial charge in [-0.3, -0.25) is 0 Å². The molecule has 98 valence electrons. The average Bonchev–Trinajstić information content (AvgIpc) is 2.95. The number of halogens is 1. The Hall–Kier alpha value is -1.95. The third-order valence-corrected chi connectivity index (χ3v) is 3.45. The topological polar surface area (TPSA) is 38.5 Å². The molecule has 6 heteroatoms. The number of aromatic amines is 1. The van der Waals surface area contributed by atoms with Crippen LogP contribution >= 0.6 is 12.2 Å². The Bertz CT molecular complexity index is 757. The standard InChI is InChI=1S/C13H13FN4S/c1-9(7-17-5-4-15-8-17)18-12-3-2-10(14)6-11(12)16-13(18)19/h2-6,8-9H,7H2,1H3,(H,16,19). The van der Waals surface area contributed by atoms with Crippen LogP contribution in [0.4, 0.5) is 4.39 Å². The molecule has 4 nitrogen and oxygen atoms in total. The lowest BCUT2D eigenvalue weighted by Crippen LogP contribution is -2.12. The van der Waals surface area contributed by atoms with Crippen molar-refractivity contribution >= 4 is 23.3 Å². The summed E-state index contributed by atoms with van der Waals surface area (Å²) < 4.78 is 17.8. The van der Waals surface area contributed by atoms with Gasteiger partial charge in [-0.2, -0.15) is 0 Å². The molecule has 3 aromatic rings. The molecule has 1 N–H and O–H groups in total. The largest absolute Gasteiger partial charge is 0.335 e. The first-order valence-electron chi connectivity index (χ1n) is 6.00. The average molecular weight is 276 g/mol. The molecule has 0 aliphatic carbocycles. The van der Waals surface area contributed by atoms with E-state index in [1.807, 2.05) is 15.3 Å². The van der Waals surface area contributed by atoms with E-state index in [0.29, 0.717) is 4.77 Å². The fourth-order valence-corrected chi connectivity index (χ4v) is 2.71. The molecule has 0 radical (unpaired) electrons. The molecular weight excluding hydrogens is 263 g/mol. The molecule has 0 saturated carbocycles. The molecule has 2 aromatic heterocycles. The first-order valence-corrected chi connectivity index (χ1v) is 6.41. The van der Waals surface area contributed by atoms with Gasteiger partial charge in [0.2, 0.25) is 0 Å². The molecule has 0 spiro atoms. The predicted octanol–water partition coefficient (Wildman–Crippen LogP) is 3.30. The maximum Gasteiger partial charge on any atom is 0.178 e. The van der Waals surface area contributed by atoms with Crippen molar-refractivity contribution in [2.45, 2.75) is 19.5 Å². The highest BCUT2D eigenvalue weighted by Crippen LogP contribution is 2.21. The van der Waals surface area contributed by atoms with Gasteiger partial charge in [0.05, 0.1) is 23.4 Å². The Kier molecular flexibility index (Phi) is 2.94. The van der Waals surface area contributed by atoms with E-state index in [2.05, 4.69) is 16.9 Å². The molecular formula is C13H13FN4S. The second-order valence-electron chi connectivity index (χ2n) is 4.57. The summed E-state index contributed by atoms with van der Waals surface area (Å²) in [4.78, 5) is 7.06. The number of imidazole rings is 2. The number of benzene rings is 1. The molecule has 1 atom stereocenters. The SMILES string of the molecule is CC(Cn1ccnc1)n1c(=S)[nH]c2cc(F)ccc21. The van der Waals surface area contributed by atoms with Crippen LogP contribution in [0.1, 0.15) is 13.0 Å². The number of hydrogen-bond donors (Lipinski definition) is 1. The molecule has 1 unspecified atom stereocenters. The Morgan fingerprint density at radius 2 is 2.32 bits per heavy atom. The molecule has 2 heterocycles. The van der Waals surface area contributed by atoms with Crippen LogP contribution in [0.2, 0.25) is 0 Å². The van der Waals surface area contributed by atoms with Crippen molar-refractivity contribution in [2.75, 3.05) is 0 Å². The number of nitrogens with one attached hydrogen (secondary N) is 1. The van der Waals surface area contributed by atoms with Gasteiger partial charge < -0.3 is 14.1 Å². The number of hydrogen-bond acceptors (Lipinski definition) is 2. The fraction of sp³-hybridized carbons (Fsp3) is 0.231. The number of rotatable bonds is 3. The van der Waals surface area contributed by atoms with Gasteiger partial charge in [0.15, 0.2) is 4.77 Å². The summed E-state index contributed by atoms with van der Waals surface area (Å²) in [6.07, 6.45) is 5.43. The minimum absolute atomic E-state index is 0.154. The van der Waals surface area contributed by atoms with Crippen LogP contribution < -0.4 is 0 Å². The fourth-order valence-electron chi connectivity index (χ4n) is 2.32. The van der Waals surface area contributed by atoms with Gasteiger partial charge in [-0.25, -0.2) is 9.37 Å². The number of H-pyrrole nitrogens is 1. The van der Waals surface area contributed by atoms with Gasteiger partial charge in [-0.15, -0.1) is 0 Å². The smallest absolute Gasteiger partial charge is 0.178 e. The van der Waals surface area contributed by atoms with E-state index < -0.39 is 0 Å². The summed E-state index contributed by atoms with van der Waals surface area (Å²) in [6.45, 7) is 2.84.